The van der Waals surface area contributed by atoms with Crippen molar-refractivity contribution in [1.29, 1.82) is 0 Å². The van der Waals surface area contributed by atoms with Crippen LogP contribution in [-0.4, -0.2) is 50.7 Å². The highest BCUT2D eigenvalue weighted by Gasteiger charge is 2.13. The fraction of sp³-hybridized carbons (Fsp3) is 0.625. The summed E-state index contributed by atoms with van der Waals surface area (Å²) in [5.41, 5.74) is 2.36. The molecule has 0 radical (unpaired) electrons. The number of nitrogens with zero attached hydrogens (tertiary/aromatic N) is 1. The first kappa shape index (κ1) is 17.0. The highest BCUT2D eigenvalue weighted by molar-refractivity contribution is 5.48. The Hall–Kier alpha value is -1.10. The third kappa shape index (κ3) is 5.90. The molecule has 0 heterocycles. The van der Waals surface area contributed by atoms with Gasteiger partial charge in [0.15, 0.2) is 0 Å². The van der Waals surface area contributed by atoms with Gasteiger partial charge >= 0.3 is 0 Å². The number of rotatable bonds is 9. The van der Waals surface area contributed by atoms with E-state index in [4.69, 9.17) is 9.47 Å². The van der Waals surface area contributed by atoms with Crippen LogP contribution in [0.3, 0.4) is 0 Å². The highest BCUT2D eigenvalue weighted by Crippen LogP contribution is 2.16. The van der Waals surface area contributed by atoms with Crippen LogP contribution in [0.15, 0.2) is 24.3 Å². The molecule has 2 atom stereocenters. The van der Waals surface area contributed by atoms with Crippen molar-refractivity contribution in [2.75, 3.05) is 38.3 Å². The number of aliphatic hydroxyl groups is 1. The van der Waals surface area contributed by atoms with Gasteiger partial charge in [0.2, 0.25) is 0 Å². The molecule has 0 fully saturated rings. The number of hydrogen-bond donors (Lipinski definition) is 1. The van der Waals surface area contributed by atoms with E-state index in [0.29, 0.717) is 19.8 Å². The van der Waals surface area contributed by atoms with E-state index < -0.39 is 6.10 Å². The summed E-state index contributed by atoms with van der Waals surface area (Å²) in [6, 6.07) is 8.31. The van der Waals surface area contributed by atoms with Gasteiger partial charge in [-0.15, -0.1) is 0 Å². The third-order valence-corrected chi connectivity index (χ3v) is 3.15. The number of likely N-dealkylation sites (N-methyl/N-ethyl adjacent to an activating group) is 1. The van der Waals surface area contributed by atoms with Crippen LogP contribution in [-0.2, 0) is 9.47 Å². The molecule has 0 aliphatic rings. The van der Waals surface area contributed by atoms with Crippen LogP contribution in [0.4, 0.5) is 5.69 Å². The summed E-state index contributed by atoms with van der Waals surface area (Å²) in [6.45, 7) is 8.39. The summed E-state index contributed by atoms with van der Waals surface area (Å²) in [5.74, 6) is 0. The number of ether oxygens (including phenoxy) is 2. The lowest BCUT2D eigenvalue weighted by Crippen LogP contribution is -2.36. The van der Waals surface area contributed by atoms with Crippen molar-refractivity contribution in [1.82, 2.24) is 0 Å². The molecule has 0 saturated carbocycles. The fourth-order valence-corrected chi connectivity index (χ4v) is 2.11. The predicted octanol–water partition coefficient (Wildman–Crippen LogP) is 2.23. The van der Waals surface area contributed by atoms with Gasteiger partial charge in [-0.2, -0.15) is 0 Å². The molecule has 114 valence electrons. The average molecular weight is 281 g/mol. The molecule has 1 N–H and O–H groups in total. The first-order valence-corrected chi connectivity index (χ1v) is 7.17. The van der Waals surface area contributed by atoms with Gasteiger partial charge in [-0.1, -0.05) is 12.1 Å². The summed E-state index contributed by atoms with van der Waals surface area (Å²) in [6.07, 6.45) is -0.501. The number of benzene rings is 1. The second-order valence-electron chi connectivity index (χ2n) is 5.13. The van der Waals surface area contributed by atoms with E-state index >= 15 is 0 Å². The van der Waals surface area contributed by atoms with Crippen LogP contribution < -0.4 is 4.90 Å². The number of anilines is 1. The van der Waals surface area contributed by atoms with Crippen LogP contribution in [0.5, 0.6) is 0 Å². The lowest BCUT2D eigenvalue weighted by molar-refractivity contribution is -0.0295. The van der Waals surface area contributed by atoms with Gasteiger partial charge in [-0.05, 0) is 38.5 Å². The fourth-order valence-electron chi connectivity index (χ4n) is 2.11. The maximum atomic E-state index is 10.1. The minimum absolute atomic E-state index is 0.00342. The van der Waals surface area contributed by atoms with E-state index in [1.807, 2.05) is 13.0 Å². The number of hydrogen-bond acceptors (Lipinski definition) is 4. The Kier molecular flexibility index (Phi) is 7.59. The normalized spacial score (nSPS) is 14.1. The van der Waals surface area contributed by atoms with Gasteiger partial charge in [0.05, 0.1) is 25.4 Å². The van der Waals surface area contributed by atoms with E-state index in [2.05, 4.69) is 36.9 Å². The van der Waals surface area contributed by atoms with Gasteiger partial charge in [0, 0.05) is 25.9 Å². The molecule has 0 saturated heterocycles. The zero-order chi connectivity index (χ0) is 15.0. The maximum Gasteiger partial charge on any atom is 0.0948 e. The molecular weight excluding hydrogens is 254 g/mol. The molecule has 1 aromatic carbocycles. The second-order valence-corrected chi connectivity index (χ2v) is 5.13. The van der Waals surface area contributed by atoms with E-state index in [9.17, 15) is 5.11 Å². The Morgan fingerprint density at radius 2 is 2.05 bits per heavy atom. The third-order valence-electron chi connectivity index (χ3n) is 3.15. The van der Waals surface area contributed by atoms with Crippen LogP contribution >= 0.6 is 0 Å². The summed E-state index contributed by atoms with van der Waals surface area (Å²) in [7, 11) is 1.65. The first-order chi connectivity index (χ1) is 9.56. The van der Waals surface area contributed by atoms with Crippen molar-refractivity contribution < 1.29 is 14.6 Å². The molecule has 0 aliphatic carbocycles. The molecule has 1 aromatic rings. The van der Waals surface area contributed by atoms with Crippen molar-refractivity contribution in [3.05, 3.63) is 29.8 Å². The van der Waals surface area contributed by atoms with Crippen molar-refractivity contribution >= 4 is 5.69 Å². The van der Waals surface area contributed by atoms with E-state index in [0.717, 1.165) is 12.2 Å². The molecule has 0 bridgehead atoms. The second kappa shape index (κ2) is 8.95. The molecule has 0 aromatic heterocycles. The standard InChI is InChI=1S/C16H27NO3/c1-5-17(15-8-6-7-13(2)9-15)10-16(18)12-20-14(3)11-19-4/h6-9,14,16,18H,5,10-12H2,1-4H3. The van der Waals surface area contributed by atoms with Crippen molar-refractivity contribution in [3.8, 4) is 0 Å². The molecular formula is C16H27NO3. The van der Waals surface area contributed by atoms with Crippen LogP contribution in [0.25, 0.3) is 0 Å². The Labute approximate surface area is 122 Å². The van der Waals surface area contributed by atoms with Gasteiger partial charge in [0.25, 0.3) is 0 Å². The lowest BCUT2D eigenvalue weighted by atomic mass is 10.2. The Balaban J connectivity index is 2.47. The zero-order valence-electron chi connectivity index (χ0n) is 13.0. The Morgan fingerprint density at radius 1 is 1.30 bits per heavy atom. The minimum Gasteiger partial charge on any atom is -0.389 e. The predicted molar refractivity (Wildman–Crippen MR) is 82.4 cm³/mol. The SMILES string of the molecule is CCN(CC(O)COC(C)COC)c1cccc(C)c1. The average Bonchev–Trinajstić information content (AvgIpc) is 2.43. The molecule has 1 rings (SSSR count). The Bertz CT molecular complexity index is 384. The van der Waals surface area contributed by atoms with Crippen LogP contribution in [0.2, 0.25) is 0 Å². The Morgan fingerprint density at radius 3 is 2.65 bits per heavy atom. The van der Waals surface area contributed by atoms with Gasteiger partial charge < -0.3 is 19.5 Å². The smallest absolute Gasteiger partial charge is 0.0948 e. The number of aryl methyl sites for hydroxylation is 1. The number of methoxy groups -OCH3 is 1. The van der Waals surface area contributed by atoms with Crippen molar-refractivity contribution in [3.63, 3.8) is 0 Å². The molecule has 4 nitrogen and oxygen atoms in total. The highest BCUT2D eigenvalue weighted by atomic mass is 16.5. The molecule has 4 heteroatoms. The molecule has 20 heavy (non-hydrogen) atoms. The lowest BCUT2D eigenvalue weighted by Gasteiger charge is -2.26. The zero-order valence-corrected chi connectivity index (χ0v) is 13.0. The van der Waals surface area contributed by atoms with Crippen molar-refractivity contribution in [2.24, 2.45) is 0 Å². The van der Waals surface area contributed by atoms with Gasteiger partial charge in [-0.25, -0.2) is 0 Å². The number of aliphatic hydroxyl groups excluding tert-OH is 1. The molecule has 2 unspecified atom stereocenters. The quantitative estimate of drug-likeness (QED) is 0.754. The molecule has 0 aliphatic heterocycles. The minimum atomic E-state index is -0.505. The summed E-state index contributed by atoms with van der Waals surface area (Å²) in [5, 5.41) is 10.1. The first-order valence-electron chi connectivity index (χ1n) is 7.17. The summed E-state index contributed by atoms with van der Waals surface area (Å²) < 4.78 is 10.6. The monoisotopic (exact) mass is 281 g/mol. The summed E-state index contributed by atoms with van der Waals surface area (Å²) in [4.78, 5) is 2.15. The van der Waals surface area contributed by atoms with Gasteiger partial charge in [0.1, 0.15) is 0 Å². The van der Waals surface area contributed by atoms with Crippen LogP contribution in [0, 0.1) is 6.92 Å². The maximum absolute atomic E-state index is 10.1. The van der Waals surface area contributed by atoms with E-state index in [1.165, 1.54) is 5.56 Å². The largest absolute Gasteiger partial charge is 0.389 e. The topological polar surface area (TPSA) is 41.9 Å². The van der Waals surface area contributed by atoms with E-state index in [-0.39, 0.29) is 6.10 Å². The van der Waals surface area contributed by atoms with Crippen molar-refractivity contribution in [2.45, 2.75) is 33.0 Å². The molecule has 0 spiro atoms. The summed E-state index contributed by atoms with van der Waals surface area (Å²) >= 11 is 0. The van der Waals surface area contributed by atoms with Crippen LogP contribution in [0.1, 0.15) is 19.4 Å². The van der Waals surface area contributed by atoms with E-state index in [1.54, 1.807) is 7.11 Å². The van der Waals surface area contributed by atoms with Gasteiger partial charge in [-0.3, -0.25) is 0 Å². The molecule has 0 amide bonds.